The van der Waals surface area contributed by atoms with E-state index in [-0.39, 0.29) is 36.7 Å². The van der Waals surface area contributed by atoms with Crippen LogP contribution in [-0.2, 0) is 25.5 Å². The van der Waals surface area contributed by atoms with E-state index in [9.17, 15) is 24.8 Å². The first-order chi connectivity index (χ1) is 24.7. The molecule has 4 bridgehead atoms. The van der Waals surface area contributed by atoms with Crippen LogP contribution in [0.2, 0.25) is 0 Å². The molecule has 0 spiro atoms. The highest BCUT2D eigenvalue weighted by Crippen LogP contribution is 2.64. The fraction of sp³-hybridized carbons (Fsp3) is 0.529. The molecule has 7 atom stereocenters. The summed E-state index contributed by atoms with van der Waals surface area (Å²) in [5.74, 6) is -0.00818. The summed E-state index contributed by atoms with van der Waals surface area (Å²) in [4.78, 5) is 43.4. The highest BCUT2D eigenvalue weighted by molar-refractivity contribution is 7.99. The van der Waals surface area contributed by atoms with Crippen molar-refractivity contribution in [2.45, 2.75) is 72.5 Å². The zero-order valence-electron chi connectivity index (χ0n) is 28.7. The van der Waals surface area contributed by atoms with Gasteiger partial charge in [-0.3, -0.25) is 14.6 Å². The van der Waals surface area contributed by atoms with Gasteiger partial charge in [0, 0.05) is 47.0 Å². The van der Waals surface area contributed by atoms with Crippen molar-refractivity contribution >= 4 is 64.6 Å². The Hall–Kier alpha value is -3.52. The molecule has 2 aromatic carbocycles. The maximum absolute atomic E-state index is 13.7. The SMILES string of the molecule is COc1c(C)cc2c(c1O)C1[C@@H]3C4SCC(NC(=O)OCC(Cl)(Cl)Cl)C(=O)OCC(c5c6c(c(C)c(OC(C)=O)c54)OCO6)N3[C@@H](C#N)C(C2)N1C. The lowest BCUT2D eigenvalue weighted by Gasteiger charge is -2.61. The number of cyclic esters (lactones) is 1. The first-order valence-corrected chi connectivity index (χ1v) is 18.6. The minimum absolute atomic E-state index is 0.00825. The van der Waals surface area contributed by atoms with E-state index in [4.69, 9.17) is 63.2 Å². The number of carbonyl (C=O) groups excluding carboxylic acids is 3. The van der Waals surface area contributed by atoms with Gasteiger partial charge in [0.05, 0.1) is 30.5 Å². The number of ether oxygens (including phenoxy) is 6. The summed E-state index contributed by atoms with van der Waals surface area (Å²) in [6.45, 7) is 3.97. The van der Waals surface area contributed by atoms with Crippen LogP contribution in [0.3, 0.4) is 0 Å². The van der Waals surface area contributed by atoms with Crippen LogP contribution in [0.4, 0.5) is 4.79 Å². The van der Waals surface area contributed by atoms with E-state index in [2.05, 4.69) is 21.2 Å². The zero-order chi connectivity index (χ0) is 37.4. The van der Waals surface area contributed by atoms with Gasteiger partial charge in [-0.1, -0.05) is 40.9 Å². The maximum atomic E-state index is 13.7. The number of phenolic OH excluding ortho intramolecular Hbond substituents is 1. The van der Waals surface area contributed by atoms with Crippen molar-refractivity contribution in [1.29, 1.82) is 5.26 Å². The number of benzene rings is 2. The number of alkyl halides is 3. The van der Waals surface area contributed by atoms with Crippen molar-refractivity contribution in [2.75, 3.05) is 39.9 Å². The molecule has 1 amide bonds. The lowest BCUT2D eigenvalue weighted by Crippen LogP contribution is -2.69. The predicted molar refractivity (Wildman–Crippen MR) is 188 cm³/mol. The Bertz CT molecular complexity index is 1900. The molecule has 2 aromatic rings. The number of nitrogens with zero attached hydrogens (tertiary/aromatic N) is 3. The Morgan fingerprint density at radius 1 is 1.15 bits per heavy atom. The van der Waals surface area contributed by atoms with E-state index in [0.717, 1.165) is 11.1 Å². The van der Waals surface area contributed by atoms with Crippen LogP contribution in [0.15, 0.2) is 6.07 Å². The molecular formula is C34H35Cl3N4O10S. The number of amides is 1. The van der Waals surface area contributed by atoms with Crippen molar-refractivity contribution in [3.63, 3.8) is 0 Å². The second-order valence-electron chi connectivity index (χ2n) is 13.3. The molecule has 5 heterocycles. The topological polar surface area (TPSA) is 169 Å². The lowest BCUT2D eigenvalue weighted by molar-refractivity contribution is -0.151. The van der Waals surface area contributed by atoms with Gasteiger partial charge in [0.2, 0.25) is 10.6 Å². The minimum atomic E-state index is -1.88. The van der Waals surface area contributed by atoms with Gasteiger partial charge >= 0.3 is 18.0 Å². The molecule has 2 fully saturated rings. The van der Waals surface area contributed by atoms with E-state index in [1.54, 1.807) is 6.92 Å². The summed E-state index contributed by atoms with van der Waals surface area (Å²) in [6, 6.07) is 0.309. The molecule has 5 unspecified atom stereocenters. The fourth-order valence-corrected chi connectivity index (χ4v) is 10.1. The number of aryl methyl sites for hydroxylation is 1. The molecule has 52 heavy (non-hydrogen) atoms. The molecule has 0 saturated carbocycles. The Morgan fingerprint density at radius 3 is 2.56 bits per heavy atom. The second-order valence-corrected chi connectivity index (χ2v) is 17.0. The van der Waals surface area contributed by atoms with E-state index < -0.39 is 63.9 Å². The lowest BCUT2D eigenvalue weighted by atomic mass is 9.71. The van der Waals surface area contributed by atoms with Crippen LogP contribution in [0.1, 0.15) is 57.6 Å². The summed E-state index contributed by atoms with van der Waals surface area (Å²) >= 11 is 18.6. The van der Waals surface area contributed by atoms with Crippen LogP contribution < -0.4 is 24.3 Å². The highest BCUT2D eigenvalue weighted by atomic mass is 35.6. The minimum Gasteiger partial charge on any atom is -0.504 e. The number of hydrogen-bond acceptors (Lipinski definition) is 14. The molecule has 2 saturated heterocycles. The highest BCUT2D eigenvalue weighted by Gasteiger charge is 2.60. The molecule has 7 rings (SSSR count). The Morgan fingerprint density at radius 2 is 1.88 bits per heavy atom. The number of methoxy groups -OCH3 is 1. The van der Waals surface area contributed by atoms with Crippen molar-refractivity contribution in [3.05, 3.63) is 39.4 Å². The normalized spacial score (nSPS) is 27.7. The Kier molecular flexibility index (Phi) is 9.71. The molecule has 278 valence electrons. The maximum Gasteiger partial charge on any atom is 0.408 e. The van der Waals surface area contributed by atoms with Crippen LogP contribution >= 0.6 is 46.6 Å². The van der Waals surface area contributed by atoms with Gasteiger partial charge in [-0.2, -0.15) is 5.26 Å². The number of nitriles is 1. The quantitative estimate of drug-likeness (QED) is 0.248. The summed E-state index contributed by atoms with van der Waals surface area (Å²) in [5, 5.41) is 24.7. The van der Waals surface area contributed by atoms with Crippen molar-refractivity contribution in [2.24, 2.45) is 0 Å². The number of piperazine rings is 1. The number of phenols is 1. The van der Waals surface area contributed by atoms with Gasteiger partial charge < -0.3 is 38.8 Å². The number of fused-ring (bicyclic) bond motifs is 9. The largest absolute Gasteiger partial charge is 0.504 e. The average Bonchev–Trinajstić information content (AvgIpc) is 3.57. The molecule has 18 heteroatoms. The zero-order valence-corrected chi connectivity index (χ0v) is 31.7. The summed E-state index contributed by atoms with van der Waals surface area (Å²) < 4.78 is 32.8. The third-order valence-electron chi connectivity index (χ3n) is 10.3. The number of alkyl carbamates (subject to hydrolysis) is 1. The predicted octanol–water partition coefficient (Wildman–Crippen LogP) is 4.70. The standard InChI is InChI=1S/C34H35Cl3N4O10S/c1-13-6-16-7-18-19(8-38)41-20-9-47-32(44)17(39-33(45)48-11-34(35,36)37)10-52-31(25(41)24(40(18)4)21(16)26(43)27(13)46-5)23-22(20)30-29(49-12-50-30)14(2)28(23)51-15(3)42/h6,17-20,24-25,31,43H,7,9-12H2,1-5H3,(H,39,45)/t17?,18?,19-,20?,24?,25+,31?/m0/s1. The van der Waals surface area contributed by atoms with E-state index in [0.29, 0.717) is 45.9 Å². The number of hydrogen-bond donors (Lipinski definition) is 2. The third kappa shape index (κ3) is 6.01. The number of nitrogens with one attached hydrogen (secondary N) is 1. The monoisotopic (exact) mass is 796 g/mol. The molecule has 2 N–H and O–H groups in total. The fourth-order valence-electron chi connectivity index (χ4n) is 8.40. The number of carbonyl (C=O) groups is 3. The van der Waals surface area contributed by atoms with Crippen molar-refractivity contribution in [1.82, 2.24) is 15.1 Å². The van der Waals surface area contributed by atoms with Crippen LogP contribution in [0, 0.1) is 25.2 Å². The molecule has 0 aromatic heterocycles. The Balaban J connectivity index is 1.45. The molecule has 5 aliphatic rings. The number of rotatable bonds is 4. The van der Waals surface area contributed by atoms with Gasteiger partial charge in [-0.05, 0) is 38.4 Å². The van der Waals surface area contributed by atoms with Crippen LogP contribution in [0.25, 0.3) is 0 Å². The van der Waals surface area contributed by atoms with Gasteiger partial charge in [0.25, 0.3) is 0 Å². The van der Waals surface area contributed by atoms with Crippen LogP contribution in [0.5, 0.6) is 28.7 Å². The van der Waals surface area contributed by atoms with Gasteiger partial charge in [-0.15, -0.1) is 11.8 Å². The Labute approximate surface area is 318 Å². The van der Waals surface area contributed by atoms with Gasteiger partial charge in [-0.25, -0.2) is 9.59 Å². The van der Waals surface area contributed by atoms with E-state index in [1.165, 1.54) is 25.8 Å². The summed E-state index contributed by atoms with van der Waals surface area (Å²) in [7, 11) is 3.42. The number of esters is 2. The number of halogens is 3. The van der Waals surface area contributed by atoms with Crippen LogP contribution in [-0.4, -0.2) is 101 Å². The average molecular weight is 798 g/mol. The number of likely N-dealkylation sites (N-methyl/N-ethyl adjacent to an activating group) is 1. The van der Waals surface area contributed by atoms with Gasteiger partial charge in [0.15, 0.2) is 23.0 Å². The smallest absolute Gasteiger partial charge is 0.408 e. The first-order valence-electron chi connectivity index (χ1n) is 16.4. The molecular weight excluding hydrogens is 763 g/mol. The van der Waals surface area contributed by atoms with E-state index >= 15 is 0 Å². The summed E-state index contributed by atoms with van der Waals surface area (Å²) in [5.41, 5.74) is 3.97. The van der Waals surface area contributed by atoms with E-state index in [1.807, 2.05) is 20.0 Å². The first kappa shape index (κ1) is 36.8. The van der Waals surface area contributed by atoms with Crippen molar-refractivity contribution < 1.29 is 47.9 Å². The molecule has 14 nitrogen and oxygen atoms in total. The number of thioether (sulfide) groups is 1. The molecule has 0 aliphatic carbocycles. The second kappa shape index (κ2) is 13.7. The number of aromatic hydroxyl groups is 1. The third-order valence-corrected chi connectivity index (χ3v) is 12.0. The molecule has 5 aliphatic heterocycles. The van der Waals surface area contributed by atoms with Crippen molar-refractivity contribution in [3.8, 4) is 34.8 Å². The molecule has 0 radical (unpaired) electrons. The summed E-state index contributed by atoms with van der Waals surface area (Å²) in [6.07, 6.45) is -0.553. The van der Waals surface area contributed by atoms with Gasteiger partial charge in [0.1, 0.15) is 31.0 Å².